The van der Waals surface area contributed by atoms with E-state index >= 15 is 0 Å². The van der Waals surface area contributed by atoms with Crippen molar-refractivity contribution in [2.45, 2.75) is 38.8 Å². The third kappa shape index (κ3) is 6.76. The highest BCUT2D eigenvalue weighted by Gasteiger charge is 2.21. The van der Waals surface area contributed by atoms with Crippen LogP contribution in [-0.4, -0.2) is 69.1 Å². The van der Waals surface area contributed by atoms with Crippen LogP contribution in [0.2, 0.25) is 0 Å². The fourth-order valence-electron chi connectivity index (χ4n) is 3.85. The minimum Gasteiger partial charge on any atom is -0.364 e. The Morgan fingerprint density at radius 3 is 2.43 bits per heavy atom. The molecule has 0 unspecified atom stereocenters. The van der Waals surface area contributed by atoms with E-state index in [2.05, 4.69) is 74.1 Å². The van der Waals surface area contributed by atoms with Gasteiger partial charge in [0.05, 0.1) is 6.54 Å². The molecule has 0 bridgehead atoms. The second-order valence-electron chi connectivity index (χ2n) is 8.01. The summed E-state index contributed by atoms with van der Waals surface area (Å²) in [5, 5.41) is 9.91. The Morgan fingerprint density at radius 2 is 1.80 bits per heavy atom. The van der Waals surface area contributed by atoms with Gasteiger partial charge in [0.25, 0.3) is 0 Å². The summed E-state index contributed by atoms with van der Waals surface area (Å²) in [5.74, 6) is 0.967. The number of carbonyl (C=O) groups excluding carboxylic acids is 1. The molecular weight excluding hydrogens is 376 g/mol. The van der Waals surface area contributed by atoms with Crippen LogP contribution in [0.3, 0.4) is 0 Å². The zero-order valence-electron chi connectivity index (χ0n) is 18.4. The number of piperidine rings is 1. The van der Waals surface area contributed by atoms with Gasteiger partial charge >= 0.3 is 0 Å². The zero-order chi connectivity index (χ0) is 21.2. The van der Waals surface area contributed by atoms with E-state index in [-0.39, 0.29) is 5.91 Å². The summed E-state index contributed by atoms with van der Waals surface area (Å²) >= 11 is 0. The number of carbonyl (C=O) groups is 1. The molecule has 7 heteroatoms. The molecule has 2 aliphatic heterocycles. The summed E-state index contributed by atoms with van der Waals surface area (Å²) < 4.78 is 0. The van der Waals surface area contributed by atoms with Gasteiger partial charge in [0.1, 0.15) is 0 Å². The third-order valence-corrected chi connectivity index (χ3v) is 5.67. The highest BCUT2D eigenvalue weighted by atomic mass is 16.2. The number of guanidine groups is 1. The van der Waals surface area contributed by atoms with E-state index in [1.54, 1.807) is 0 Å². The second kappa shape index (κ2) is 11.6. The van der Waals surface area contributed by atoms with Crippen molar-refractivity contribution in [1.29, 1.82) is 0 Å². The number of nitrogens with zero attached hydrogens (tertiary/aromatic N) is 3. The summed E-state index contributed by atoms with van der Waals surface area (Å²) in [7, 11) is 1.81. The van der Waals surface area contributed by atoms with Crippen molar-refractivity contribution >= 4 is 17.6 Å². The van der Waals surface area contributed by atoms with Gasteiger partial charge in [-0.15, -0.1) is 0 Å². The van der Waals surface area contributed by atoms with Crippen LogP contribution in [-0.2, 0) is 11.3 Å². The Morgan fingerprint density at radius 1 is 1.10 bits per heavy atom. The molecule has 0 aromatic heterocycles. The van der Waals surface area contributed by atoms with Gasteiger partial charge in [0.15, 0.2) is 5.96 Å². The summed E-state index contributed by atoms with van der Waals surface area (Å²) in [5.41, 5.74) is 2.50. The molecule has 1 aromatic carbocycles. The van der Waals surface area contributed by atoms with Crippen LogP contribution in [0.25, 0.3) is 0 Å². The topological polar surface area (TPSA) is 72.0 Å². The molecule has 1 saturated heterocycles. The number of hydrogen-bond acceptors (Lipinski definition) is 4. The molecular formula is C23H36N6O. The predicted octanol–water partition coefficient (Wildman–Crippen LogP) is 1.72. The summed E-state index contributed by atoms with van der Waals surface area (Å²) in [6.45, 7) is 7.93. The van der Waals surface area contributed by atoms with Gasteiger partial charge in [-0.3, -0.25) is 14.7 Å². The Balaban J connectivity index is 1.37. The molecule has 164 valence electrons. The van der Waals surface area contributed by atoms with E-state index < -0.39 is 0 Å². The molecule has 3 N–H and O–H groups in total. The number of likely N-dealkylation sites (tertiary alicyclic amines) is 1. The van der Waals surface area contributed by atoms with E-state index in [1.165, 1.54) is 11.3 Å². The summed E-state index contributed by atoms with van der Waals surface area (Å²) in [6, 6.07) is 9.11. The highest BCUT2D eigenvalue weighted by Crippen LogP contribution is 2.17. The van der Waals surface area contributed by atoms with E-state index in [9.17, 15) is 4.79 Å². The quantitative estimate of drug-likeness (QED) is 0.345. The number of anilines is 1. The first kappa shape index (κ1) is 22.2. The molecule has 0 spiro atoms. The lowest BCUT2D eigenvalue weighted by Gasteiger charge is -2.32. The Labute approximate surface area is 180 Å². The molecule has 2 heterocycles. The lowest BCUT2D eigenvalue weighted by atomic mass is 10.1. The first-order valence-corrected chi connectivity index (χ1v) is 11.1. The second-order valence-corrected chi connectivity index (χ2v) is 8.01. The maximum atomic E-state index is 11.9. The number of amides is 1. The normalized spacial score (nSPS) is 17.9. The van der Waals surface area contributed by atoms with E-state index in [4.69, 9.17) is 0 Å². The first-order valence-electron chi connectivity index (χ1n) is 11.1. The summed E-state index contributed by atoms with van der Waals surface area (Å²) in [6.07, 6.45) is 7.41. The third-order valence-electron chi connectivity index (χ3n) is 5.67. The van der Waals surface area contributed by atoms with Gasteiger partial charge < -0.3 is 20.9 Å². The van der Waals surface area contributed by atoms with Crippen molar-refractivity contribution < 1.29 is 4.79 Å². The van der Waals surface area contributed by atoms with Crippen molar-refractivity contribution in [3.63, 3.8) is 0 Å². The molecule has 0 aliphatic carbocycles. The standard InChI is InChI=1S/C23H36N6O/c1-3-12-25-22(30)18-28-15-10-20(11-16-28)27-23(24-2)26-17-19-6-8-21(9-7-19)29-13-4-5-14-29/h4-9,20H,3,10-18H2,1-2H3,(H,25,30)(H2,24,26,27). The molecule has 30 heavy (non-hydrogen) atoms. The van der Waals surface area contributed by atoms with Gasteiger partial charge in [-0.1, -0.05) is 31.2 Å². The predicted molar refractivity (Wildman–Crippen MR) is 124 cm³/mol. The molecule has 0 saturated carbocycles. The largest absolute Gasteiger partial charge is 0.364 e. The molecule has 0 radical (unpaired) electrons. The van der Waals surface area contributed by atoms with Crippen LogP contribution in [0.5, 0.6) is 0 Å². The van der Waals surface area contributed by atoms with Crippen molar-refractivity contribution in [1.82, 2.24) is 20.9 Å². The van der Waals surface area contributed by atoms with Gasteiger partial charge in [-0.2, -0.15) is 0 Å². The Bertz CT molecular complexity index is 714. The Kier molecular flexibility index (Phi) is 8.56. The Hall–Kier alpha value is -2.54. The number of rotatable bonds is 8. The van der Waals surface area contributed by atoms with Crippen LogP contribution in [0.15, 0.2) is 41.4 Å². The van der Waals surface area contributed by atoms with E-state index in [0.29, 0.717) is 12.6 Å². The fraction of sp³-hybridized carbons (Fsp3) is 0.565. The SMILES string of the molecule is CCCNC(=O)CN1CCC(NC(=NC)NCc2ccc(N3CC=CC3)cc2)CC1. The van der Waals surface area contributed by atoms with Crippen LogP contribution in [0.1, 0.15) is 31.7 Å². The molecule has 0 atom stereocenters. The monoisotopic (exact) mass is 412 g/mol. The zero-order valence-corrected chi connectivity index (χ0v) is 18.4. The maximum Gasteiger partial charge on any atom is 0.234 e. The lowest BCUT2D eigenvalue weighted by Crippen LogP contribution is -2.50. The fourth-order valence-corrected chi connectivity index (χ4v) is 3.85. The molecule has 1 aromatic rings. The molecule has 3 rings (SSSR count). The average molecular weight is 413 g/mol. The van der Waals surface area contributed by atoms with Crippen molar-refractivity contribution in [3.05, 3.63) is 42.0 Å². The van der Waals surface area contributed by atoms with Crippen LogP contribution in [0, 0.1) is 0 Å². The average Bonchev–Trinajstić information content (AvgIpc) is 3.31. The summed E-state index contributed by atoms with van der Waals surface area (Å²) in [4.78, 5) is 20.8. The molecule has 2 aliphatic rings. The van der Waals surface area contributed by atoms with Gasteiger partial charge in [-0.05, 0) is 37.0 Å². The van der Waals surface area contributed by atoms with Gasteiger partial charge in [0, 0.05) is 58.0 Å². The minimum absolute atomic E-state index is 0.132. The van der Waals surface area contributed by atoms with E-state index in [0.717, 1.165) is 64.5 Å². The first-order chi connectivity index (χ1) is 14.7. The van der Waals surface area contributed by atoms with Gasteiger partial charge in [-0.25, -0.2) is 0 Å². The van der Waals surface area contributed by atoms with Crippen LogP contribution >= 0.6 is 0 Å². The number of benzene rings is 1. The van der Waals surface area contributed by atoms with Crippen molar-refractivity contribution in [2.75, 3.05) is 51.2 Å². The minimum atomic E-state index is 0.132. The molecule has 1 amide bonds. The number of aliphatic imine (C=N–C) groups is 1. The number of nitrogens with one attached hydrogen (secondary N) is 3. The van der Waals surface area contributed by atoms with Crippen LogP contribution < -0.4 is 20.9 Å². The smallest absolute Gasteiger partial charge is 0.234 e. The van der Waals surface area contributed by atoms with Crippen molar-refractivity contribution in [2.24, 2.45) is 4.99 Å². The van der Waals surface area contributed by atoms with E-state index in [1.807, 2.05) is 7.05 Å². The van der Waals surface area contributed by atoms with Crippen molar-refractivity contribution in [3.8, 4) is 0 Å². The maximum absolute atomic E-state index is 11.9. The van der Waals surface area contributed by atoms with Crippen LogP contribution in [0.4, 0.5) is 5.69 Å². The van der Waals surface area contributed by atoms with Gasteiger partial charge in [0.2, 0.25) is 5.91 Å². The number of hydrogen-bond donors (Lipinski definition) is 3. The lowest BCUT2D eigenvalue weighted by molar-refractivity contribution is -0.122. The molecule has 7 nitrogen and oxygen atoms in total. The molecule has 1 fully saturated rings. The highest BCUT2D eigenvalue weighted by molar-refractivity contribution is 5.80.